The Kier molecular flexibility index (Phi) is 7.38. The van der Waals surface area contributed by atoms with Crippen molar-refractivity contribution in [1.82, 2.24) is 9.80 Å². The van der Waals surface area contributed by atoms with E-state index < -0.39 is 12.0 Å². The lowest BCUT2D eigenvalue weighted by molar-refractivity contribution is -0.138. The Balaban J connectivity index is 2.05. The van der Waals surface area contributed by atoms with E-state index in [2.05, 4.69) is 11.6 Å². The number of carbonyl (C=O) groups is 2. The molecule has 0 N–H and O–H groups in total. The molecule has 0 saturated heterocycles. The van der Waals surface area contributed by atoms with Crippen LogP contribution in [0.25, 0.3) is 0 Å². The van der Waals surface area contributed by atoms with Gasteiger partial charge in [0.2, 0.25) is 5.91 Å². The number of allylic oxidation sites excluding steroid dienone is 1. The lowest BCUT2D eigenvalue weighted by Crippen LogP contribution is -2.39. The molecule has 0 fully saturated rings. The van der Waals surface area contributed by atoms with E-state index in [9.17, 15) is 9.59 Å². The van der Waals surface area contributed by atoms with Gasteiger partial charge in [-0.15, -0.1) is 0 Å². The molecule has 0 radical (unpaired) electrons. The van der Waals surface area contributed by atoms with Gasteiger partial charge < -0.3 is 14.5 Å². The van der Waals surface area contributed by atoms with Crippen molar-refractivity contribution < 1.29 is 14.3 Å². The molecular weight excluding hydrogens is 410 g/mol. The number of carbonyl (C=O) groups excluding carboxylic acids is 2. The zero-order valence-corrected chi connectivity index (χ0v) is 19.4. The van der Waals surface area contributed by atoms with Crippen LogP contribution in [-0.4, -0.2) is 46.5 Å². The Bertz CT molecular complexity index is 976. The second-order valence-corrected chi connectivity index (χ2v) is 8.22. The van der Waals surface area contributed by atoms with Crippen LogP contribution in [0.15, 0.2) is 64.3 Å². The van der Waals surface area contributed by atoms with Crippen LogP contribution >= 0.6 is 11.8 Å². The number of amides is 1. The van der Waals surface area contributed by atoms with Gasteiger partial charge >= 0.3 is 5.97 Å². The van der Waals surface area contributed by atoms with E-state index in [-0.39, 0.29) is 18.9 Å². The van der Waals surface area contributed by atoms with Gasteiger partial charge in [-0.1, -0.05) is 48.7 Å². The number of fused-ring (bicyclic) bond motifs is 1. The monoisotopic (exact) mass is 439 g/mol. The van der Waals surface area contributed by atoms with Gasteiger partial charge in [0.1, 0.15) is 6.61 Å². The molecule has 2 heterocycles. The molecule has 7 heteroatoms. The van der Waals surface area contributed by atoms with Crippen LogP contribution in [0, 0.1) is 6.92 Å². The first-order chi connectivity index (χ1) is 14.9. The molecule has 6 nitrogen and oxygen atoms in total. The zero-order valence-electron chi connectivity index (χ0n) is 18.6. The quantitative estimate of drug-likeness (QED) is 0.439. The molecule has 1 amide bonds. The van der Waals surface area contributed by atoms with Gasteiger partial charge in [0, 0.05) is 18.8 Å². The maximum atomic E-state index is 13.1. The number of esters is 1. The first-order valence-electron chi connectivity index (χ1n) is 10.5. The minimum Gasteiger partial charge on any atom is -0.458 e. The lowest BCUT2D eigenvalue weighted by Gasteiger charge is -2.37. The Morgan fingerprint density at radius 2 is 1.97 bits per heavy atom. The molecule has 1 unspecified atom stereocenters. The highest BCUT2D eigenvalue weighted by Gasteiger charge is 2.41. The van der Waals surface area contributed by atoms with Crippen molar-refractivity contribution in [3.05, 3.63) is 70.4 Å². The highest BCUT2D eigenvalue weighted by molar-refractivity contribution is 8.16. The van der Waals surface area contributed by atoms with E-state index in [1.165, 1.54) is 11.8 Å². The van der Waals surface area contributed by atoms with Crippen molar-refractivity contribution in [3.63, 3.8) is 0 Å². The maximum Gasteiger partial charge on any atom is 0.338 e. The molecule has 2 aliphatic heterocycles. The van der Waals surface area contributed by atoms with Gasteiger partial charge in [0.15, 0.2) is 5.17 Å². The van der Waals surface area contributed by atoms with E-state index >= 15 is 0 Å². The van der Waals surface area contributed by atoms with Gasteiger partial charge in [-0.3, -0.25) is 4.79 Å². The minimum atomic E-state index is -0.417. The Morgan fingerprint density at radius 3 is 2.61 bits per heavy atom. The number of ether oxygens (including phenoxy) is 1. The summed E-state index contributed by atoms with van der Waals surface area (Å²) in [6.07, 6.45) is 1.80. The third-order valence-corrected chi connectivity index (χ3v) is 6.37. The SMILES string of the molecule is C=CCOC(=O)C1=C(C)N=C2SC=C(CC(=O)N(CC)CC)N2C1c1ccccc1C. The summed E-state index contributed by atoms with van der Waals surface area (Å²) in [5.74, 6) is -0.358. The van der Waals surface area contributed by atoms with Gasteiger partial charge in [0.25, 0.3) is 0 Å². The smallest absolute Gasteiger partial charge is 0.338 e. The zero-order chi connectivity index (χ0) is 22.5. The van der Waals surface area contributed by atoms with Gasteiger partial charge in [-0.25, -0.2) is 9.79 Å². The van der Waals surface area contributed by atoms with Crippen LogP contribution in [0.5, 0.6) is 0 Å². The molecule has 0 saturated carbocycles. The fourth-order valence-corrected chi connectivity index (χ4v) is 4.84. The molecular formula is C24H29N3O3S. The Labute approximate surface area is 188 Å². The molecule has 0 aliphatic carbocycles. The van der Waals surface area contributed by atoms with Crippen LogP contribution in [0.1, 0.15) is 44.4 Å². The minimum absolute atomic E-state index is 0.0590. The van der Waals surface area contributed by atoms with Crippen molar-refractivity contribution in [2.45, 2.75) is 40.2 Å². The highest BCUT2D eigenvalue weighted by Crippen LogP contribution is 2.45. The number of rotatable bonds is 8. The molecule has 0 spiro atoms. The topological polar surface area (TPSA) is 62.2 Å². The van der Waals surface area contributed by atoms with E-state index in [0.717, 1.165) is 22.0 Å². The third-order valence-electron chi connectivity index (χ3n) is 5.48. The van der Waals surface area contributed by atoms with Crippen LogP contribution in [0.3, 0.4) is 0 Å². The van der Waals surface area contributed by atoms with Gasteiger partial charge in [0.05, 0.1) is 23.7 Å². The van der Waals surface area contributed by atoms with Crippen LogP contribution in [0.4, 0.5) is 0 Å². The molecule has 31 heavy (non-hydrogen) atoms. The number of benzene rings is 1. The van der Waals surface area contributed by atoms with E-state index in [0.29, 0.717) is 24.4 Å². The molecule has 1 aromatic rings. The molecule has 1 atom stereocenters. The molecule has 1 aromatic carbocycles. The van der Waals surface area contributed by atoms with Crippen LogP contribution in [-0.2, 0) is 14.3 Å². The third kappa shape index (κ3) is 4.61. The summed E-state index contributed by atoms with van der Waals surface area (Å²) in [5.41, 5.74) is 4.01. The summed E-state index contributed by atoms with van der Waals surface area (Å²) in [7, 11) is 0. The largest absolute Gasteiger partial charge is 0.458 e. The number of nitrogens with zero attached hydrogens (tertiary/aromatic N) is 3. The van der Waals surface area contributed by atoms with Crippen LogP contribution in [0.2, 0.25) is 0 Å². The standard InChI is InChI=1S/C24H29N3O3S/c1-6-13-30-23(29)21-17(5)25-24-27(22(21)19-12-10-9-11-16(19)4)18(15-31-24)14-20(28)26(7-2)8-3/h6,9-12,15,22H,1,7-8,13-14H2,2-5H3. The van der Waals surface area contributed by atoms with Crippen molar-refractivity contribution in [2.75, 3.05) is 19.7 Å². The summed E-state index contributed by atoms with van der Waals surface area (Å²) < 4.78 is 5.42. The number of thioether (sulfide) groups is 1. The summed E-state index contributed by atoms with van der Waals surface area (Å²) >= 11 is 1.48. The van der Waals surface area contributed by atoms with Gasteiger partial charge in [-0.05, 0) is 44.2 Å². The number of amidine groups is 1. The normalized spacial score (nSPS) is 17.7. The lowest BCUT2D eigenvalue weighted by atomic mass is 9.91. The van der Waals surface area contributed by atoms with Crippen LogP contribution < -0.4 is 0 Å². The summed E-state index contributed by atoms with van der Waals surface area (Å²) in [6, 6.07) is 7.57. The first-order valence-corrected chi connectivity index (χ1v) is 11.4. The summed E-state index contributed by atoms with van der Waals surface area (Å²) in [6.45, 7) is 12.9. The average molecular weight is 440 g/mol. The Morgan fingerprint density at radius 1 is 1.26 bits per heavy atom. The molecule has 0 bridgehead atoms. The maximum absolute atomic E-state index is 13.1. The van der Waals surface area contributed by atoms with Crippen molar-refractivity contribution in [3.8, 4) is 0 Å². The van der Waals surface area contributed by atoms with E-state index in [1.807, 2.05) is 67.2 Å². The van der Waals surface area contributed by atoms with Crippen molar-refractivity contribution in [1.29, 1.82) is 0 Å². The van der Waals surface area contributed by atoms with Gasteiger partial charge in [-0.2, -0.15) is 0 Å². The Hall–Kier alpha value is -2.80. The fourth-order valence-electron chi connectivity index (χ4n) is 3.87. The molecule has 0 aromatic heterocycles. The molecule has 2 aliphatic rings. The fraction of sp³-hybridized carbons (Fsp3) is 0.375. The second-order valence-electron chi connectivity index (χ2n) is 7.38. The predicted molar refractivity (Wildman–Crippen MR) is 125 cm³/mol. The summed E-state index contributed by atoms with van der Waals surface area (Å²) in [4.78, 5) is 34.4. The number of aryl methyl sites for hydroxylation is 1. The van der Waals surface area contributed by atoms with Crippen molar-refractivity contribution >= 4 is 28.8 Å². The number of hydrogen-bond donors (Lipinski definition) is 0. The van der Waals surface area contributed by atoms with E-state index in [4.69, 9.17) is 4.74 Å². The summed E-state index contributed by atoms with van der Waals surface area (Å²) in [5, 5.41) is 2.74. The molecule has 3 rings (SSSR count). The highest BCUT2D eigenvalue weighted by atomic mass is 32.2. The predicted octanol–water partition coefficient (Wildman–Crippen LogP) is 4.56. The first kappa shape index (κ1) is 22.9. The number of hydrogen-bond acceptors (Lipinski definition) is 6. The average Bonchev–Trinajstić information content (AvgIpc) is 3.14. The van der Waals surface area contributed by atoms with Crippen molar-refractivity contribution in [2.24, 2.45) is 4.99 Å². The number of aliphatic imine (C=N–C) groups is 1. The second kappa shape index (κ2) is 10.0. The molecule has 164 valence electrons. The van der Waals surface area contributed by atoms with E-state index in [1.54, 1.807) is 6.08 Å².